The topological polar surface area (TPSA) is 96.0 Å². The number of aromatic nitrogens is 2. The van der Waals surface area contributed by atoms with E-state index >= 15 is 0 Å². The summed E-state index contributed by atoms with van der Waals surface area (Å²) in [5, 5.41) is 8.49. The molecule has 148 valence electrons. The lowest BCUT2D eigenvalue weighted by Crippen LogP contribution is -2.26. The van der Waals surface area contributed by atoms with E-state index in [9.17, 15) is 14.0 Å². The number of nitrogens with one attached hydrogen (secondary N) is 3. The summed E-state index contributed by atoms with van der Waals surface area (Å²) in [5.74, 6) is -0.355. The Balaban J connectivity index is 1.57. The Labute approximate surface area is 167 Å². The summed E-state index contributed by atoms with van der Waals surface area (Å²) in [6, 6.07) is 15.0. The van der Waals surface area contributed by atoms with Crippen LogP contribution in [0.1, 0.15) is 23.0 Å². The van der Waals surface area contributed by atoms with Crippen molar-refractivity contribution in [3.63, 3.8) is 0 Å². The minimum absolute atomic E-state index is 0.146. The molecule has 0 unspecified atom stereocenters. The summed E-state index contributed by atoms with van der Waals surface area (Å²) in [5.41, 5.74) is 2.16. The number of rotatable bonds is 7. The van der Waals surface area contributed by atoms with Gasteiger partial charge in [-0.05, 0) is 42.3 Å². The maximum atomic E-state index is 13.6. The molecule has 0 aliphatic heterocycles. The van der Waals surface area contributed by atoms with Gasteiger partial charge in [0.1, 0.15) is 23.7 Å². The molecule has 29 heavy (non-hydrogen) atoms. The van der Waals surface area contributed by atoms with Crippen molar-refractivity contribution in [2.45, 2.75) is 13.3 Å². The van der Waals surface area contributed by atoms with Crippen LogP contribution in [0.5, 0.6) is 0 Å². The predicted molar refractivity (Wildman–Crippen MR) is 108 cm³/mol. The van der Waals surface area contributed by atoms with Crippen LogP contribution in [-0.2, 0) is 11.2 Å². The molecule has 0 aliphatic carbocycles. The van der Waals surface area contributed by atoms with Gasteiger partial charge in [-0.25, -0.2) is 14.4 Å². The van der Waals surface area contributed by atoms with Crippen molar-refractivity contribution in [2.75, 3.05) is 17.2 Å². The molecule has 0 spiro atoms. The van der Waals surface area contributed by atoms with Crippen LogP contribution in [0.25, 0.3) is 0 Å². The molecule has 0 aliphatic rings. The second-order valence-electron chi connectivity index (χ2n) is 6.27. The largest absolute Gasteiger partial charge is 0.350 e. The summed E-state index contributed by atoms with van der Waals surface area (Å²) >= 11 is 0. The molecule has 0 saturated heterocycles. The fourth-order valence-corrected chi connectivity index (χ4v) is 2.64. The summed E-state index contributed by atoms with van der Waals surface area (Å²) in [4.78, 5) is 31.5. The van der Waals surface area contributed by atoms with E-state index in [1.54, 1.807) is 42.5 Å². The zero-order valence-electron chi connectivity index (χ0n) is 15.8. The molecule has 0 saturated carbocycles. The number of carbonyl (C=O) groups excluding carboxylic acids is 2. The number of anilines is 3. The highest BCUT2D eigenvalue weighted by Crippen LogP contribution is 2.17. The third-order valence-corrected chi connectivity index (χ3v) is 4.02. The van der Waals surface area contributed by atoms with Gasteiger partial charge in [-0.3, -0.25) is 9.59 Å². The highest BCUT2D eigenvalue weighted by Gasteiger charge is 2.09. The van der Waals surface area contributed by atoms with Gasteiger partial charge >= 0.3 is 0 Å². The first-order chi connectivity index (χ1) is 14.0. The molecule has 1 aromatic heterocycles. The van der Waals surface area contributed by atoms with Crippen LogP contribution in [0.2, 0.25) is 0 Å². The van der Waals surface area contributed by atoms with Crippen LogP contribution in [-0.4, -0.2) is 28.3 Å². The third kappa shape index (κ3) is 5.83. The lowest BCUT2D eigenvalue weighted by Gasteiger charge is -2.09. The van der Waals surface area contributed by atoms with Crippen molar-refractivity contribution in [1.82, 2.24) is 15.3 Å². The summed E-state index contributed by atoms with van der Waals surface area (Å²) in [6.45, 7) is 1.73. The van der Waals surface area contributed by atoms with Crippen LogP contribution in [0.3, 0.4) is 0 Å². The Hall–Kier alpha value is -3.81. The number of nitrogens with zero attached hydrogens (tertiary/aromatic N) is 2. The molecule has 3 rings (SSSR count). The quantitative estimate of drug-likeness (QED) is 0.572. The second kappa shape index (κ2) is 9.41. The minimum atomic E-state index is -0.368. The average molecular weight is 393 g/mol. The van der Waals surface area contributed by atoms with Gasteiger partial charge in [-0.15, -0.1) is 0 Å². The Morgan fingerprint density at radius 2 is 1.72 bits per heavy atom. The zero-order chi connectivity index (χ0) is 20.6. The summed E-state index contributed by atoms with van der Waals surface area (Å²) < 4.78 is 13.6. The van der Waals surface area contributed by atoms with Gasteiger partial charge < -0.3 is 16.0 Å². The number of hydrogen-bond acceptors (Lipinski definition) is 5. The number of amides is 2. The Bertz CT molecular complexity index is 1010. The Morgan fingerprint density at radius 1 is 1.00 bits per heavy atom. The van der Waals surface area contributed by atoms with E-state index in [1.807, 2.05) is 0 Å². The highest BCUT2D eigenvalue weighted by atomic mass is 19.1. The van der Waals surface area contributed by atoms with E-state index < -0.39 is 0 Å². The number of halogens is 1. The van der Waals surface area contributed by atoms with Gasteiger partial charge in [-0.2, -0.15) is 0 Å². The van der Waals surface area contributed by atoms with E-state index in [1.165, 1.54) is 25.4 Å². The first-order valence-electron chi connectivity index (χ1n) is 8.99. The molecule has 2 amide bonds. The number of benzene rings is 2. The maximum Gasteiger partial charge on any atom is 0.270 e. The van der Waals surface area contributed by atoms with Crippen molar-refractivity contribution in [1.29, 1.82) is 0 Å². The van der Waals surface area contributed by atoms with Crippen LogP contribution in [0.15, 0.2) is 60.9 Å². The molecule has 0 bridgehead atoms. The SMILES string of the molecule is CC(=O)Nc1ccc(Nc2cc(C(=O)NCCc3ccccc3F)ncn2)cc1. The second-order valence-corrected chi connectivity index (χ2v) is 6.27. The first kappa shape index (κ1) is 19.9. The first-order valence-corrected chi connectivity index (χ1v) is 8.99. The molecule has 2 aromatic carbocycles. The van der Waals surface area contributed by atoms with Crippen molar-refractivity contribution in [3.8, 4) is 0 Å². The van der Waals surface area contributed by atoms with Crippen molar-refractivity contribution in [2.24, 2.45) is 0 Å². The molecule has 8 heteroatoms. The monoisotopic (exact) mass is 393 g/mol. The van der Waals surface area contributed by atoms with E-state index in [0.29, 0.717) is 23.5 Å². The molecule has 0 fully saturated rings. The third-order valence-electron chi connectivity index (χ3n) is 4.02. The number of carbonyl (C=O) groups is 2. The minimum Gasteiger partial charge on any atom is -0.350 e. The normalized spacial score (nSPS) is 10.3. The van der Waals surface area contributed by atoms with E-state index in [-0.39, 0.29) is 29.9 Å². The fraction of sp³-hybridized carbons (Fsp3) is 0.143. The standard InChI is InChI=1S/C21H20FN5O2/c1-14(28)26-16-6-8-17(9-7-16)27-20-12-19(24-13-25-20)21(29)23-11-10-15-4-2-3-5-18(15)22/h2-9,12-13H,10-11H2,1H3,(H,23,29)(H,26,28)(H,24,25,27). The highest BCUT2D eigenvalue weighted by molar-refractivity contribution is 5.93. The van der Waals surface area contributed by atoms with Crippen LogP contribution < -0.4 is 16.0 Å². The Kier molecular flexibility index (Phi) is 6.47. The summed E-state index contributed by atoms with van der Waals surface area (Å²) in [6.07, 6.45) is 1.68. The Morgan fingerprint density at radius 3 is 2.45 bits per heavy atom. The lowest BCUT2D eigenvalue weighted by atomic mass is 10.1. The molecule has 0 radical (unpaired) electrons. The molecule has 3 aromatic rings. The summed E-state index contributed by atoms with van der Waals surface area (Å²) in [7, 11) is 0. The number of hydrogen-bond donors (Lipinski definition) is 3. The van der Waals surface area contributed by atoms with Gasteiger partial charge in [0, 0.05) is 30.9 Å². The predicted octanol–water partition coefficient (Wildman–Crippen LogP) is 3.29. The lowest BCUT2D eigenvalue weighted by molar-refractivity contribution is -0.114. The van der Waals surface area contributed by atoms with Gasteiger partial charge in [0.2, 0.25) is 5.91 Å². The van der Waals surface area contributed by atoms with Crippen LogP contribution >= 0.6 is 0 Å². The van der Waals surface area contributed by atoms with Gasteiger partial charge in [0.25, 0.3) is 5.91 Å². The fourth-order valence-electron chi connectivity index (χ4n) is 2.64. The maximum absolute atomic E-state index is 13.6. The molecular formula is C21H20FN5O2. The van der Waals surface area contributed by atoms with E-state index in [4.69, 9.17) is 0 Å². The van der Waals surface area contributed by atoms with E-state index in [2.05, 4.69) is 25.9 Å². The van der Waals surface area contributed by atoms with Crippen molar-refractivity contribution in [3.05, 3.63) is 78.0 Å². The average Bonchev–Trinajstić information content (AvgIpc) is 2.71. The zero-order valence-corrected chi connectivity index (χ0v) is 15.8. The van der Waals surface area contributed by atoms with Gasteiger partial charge in [-0.1, -0.05) is 18.2 Å². The van der Waals surface area contributed by atoms with Gasteiger partial charge in [0.05, 0.1) is 0 Å². The van der Waals surface area contributed by atoms with Gasteiger partial charge in [0.15, 0.2) is 0 Å². The molecule has 7 nitrogen and oxygen atoms in total. The van der Waals surface area contributed by atoms with Crippen LogP contribution in [0, 0.1) is 5.82 Å². The molecular weight excluding hydrogens is 373 g/mol. The van der Waals surface area contributed by atoms with E-state index in [0.717, 1.165) is 5.69 Å². The van der Waals surface area contributed by atoms with Crippen molar-refractivity contribution < 1.29 is 14.0 Å². The molecule has 0 atom stereocenters. The molecule has 1 heterocycles. The smallest absolute Gasteiger partial charge is 0.270 e. The molecule has 3 N–H and O–H groups in total. The van der Waals surface area contributed by atoms with Crippen LogP contribution in [0.4, 0.5) is 21.6 Å². The van der Waals surface area contributed by atoms with Crippen molar-refractivity contribution >= 4 is 29.0 Å².